The summed E-state index contributed by atoms with van der Waals surface area (Å²) in [6.45, 7) is 0.800. The second-order valence-electron chi connectivity index (χ2n) is 7.83. The van der Waals surface area contributed by atoms with E-state index in [4.69, 9.17) is 17.3 Å². The molecule has 0 saturated heterocycles. The third-order valence-electron chi connectivity index (χ3n) is 5.30. The Balaban J connectivity index is 1.54. The van der Waals surface area contributed by atoms with E-state index >= 15 is 0 Å². The molecular weight excluding hydrogens is 467 g/mol. The van der Waals surface area contributed by atoms with E-state index in [1.807, 2.05) is 0 Å². The number of nitrogens with zero attached hydrogens (tertiary/aromatic N) is 6. The van der Waals surface area contributed by atoms with Gasteiger partial charge in [-0.15, -0.1) is 5.10 Å². The fourth-order valence-corrected chi connectivity index (χ4v) is 4.00. The molecule has 2 N–H and O–H groups in total. The van der Waals surface area contributed by atoms with Gasteiger partial charge in [-0.05, 0) is 42.0 Å². The number of pyridine rings is 2. The van der Waals surface area contributed by atoms with Crippen molar-refractivity contribution in [1.29, 1.82) is 0 Å². The maximum Gasteiger partial charge on any atom is 0.271 e. The zero-order chi connectivity index (χ0) is 24.0. The molecule has 0 fully saturated rings. The molecule has 5 aromatic rings. The number of aromatic nitrogens is 6. The molecule has 0 spiro atoms. The van der Waals surface area contributed by atoms with Crippen LogP contribution in [0.25, 0.3) is 28.2 Å². The van der Waals surface area contributed by atoms with E-state index in [-0.39, 0.29) is 11.5 Å². The average molecular weight is 484 g/mol. The van der Waals surface area contributed by atoms with Crippen molar-refractivity contribution >= 4 is 23.2 Å². The van der Waals surface area contributed by atoms with Gasteiger partial charge in [0, 0.05) is 30.4 Å². The van der Waals surface area contributed by atoms with Crippen LogP contribution in [-0.4, -0.2) is 35.3 Å². The van der Waals surface area contributed by atoms with E-state index in [1.165, 1.54) is 29.0 Å². The first kappa shape index (κ1) is 21.9. The Morgan fingerprint density at radius 1 is 1.03 bits per heavy atom. The lowest BCUT2D eigenvalue weighted by Gasteiger charge is -2.24. The Labute approximate surface area is 196 Å². The lowest BCUT2D eigenvalue weighted by atomic mass is 10.0. The van der Waals surface area contributed by atoms with Crippen LogP contribution in [0.5, 0.6) is 0 Å². The van der Waals surface area contributed by atoms with E-state index in [1.54, 1.807) is 30.5 Å². The summed E-state index contributed by atoms with van der Waals surface area (Å²) in [7, 11) is 0. The number of halogens is 4. The SMILES string of the molecule is CC(F)(F)[C@@H](c1ccc(F)cc1)n1cc(-c2ccc(Cl)c(-c3ccn4nc(N)nc4c3)n2)cn1. The molecule has 0 saturated carbocycles. The van der Waals surface area contributed by atoms with E-state index in [9.17, 15) is 13.2 Å². The van der Waals surface area contributed by atoms with E-state index < -0.39 is 17.8 Å². The molecule has 7 nitrogen and oxygen atoms in total. The molecule has 172 valence electrons. The highest BCUT2D eigenvalue weighted by molar-refractivity contribution is 6.33. The summed E-state index contributed by atoms with van der Waals surface area (Å²) in [5.41, 5.74) is 8.57. The number of fused-ring (bicyclic) bond motifs is 1. The molecule has 4 aromatic heterocycles. The number of nitrogen functional groups attached to an aromatic ring is 1. The van der Waals surface area contributed by atoms with Crippen LogP contribution in [0.3, 0.4) is 0 Å². The maximum absolute atomic E-state index is 14.5. The smallest absolute Gasteiger partial charge is 0.271 e. The van der Waals surface area contributed by atoms with Crippen molar-refractivity contribution in [3.05, 3.63) is 83.5 Å². The molecule has 0 aliphatic carbocycles. The summed E-state index contributed by atoms with van der Waals surface area (Å²) in [6.07, 6.45) is 4.62. The van der Waals surface area contributed by atoms with Gasteiger partial charge < -0.3 is 5.73 Å². The Hall–Kier alpha value is -3.92. The van der Waals surface area contributed by atoms with Crippen LogP contribution < -0.4 is 5.73 Å². The minimum absolute atomic E-state index is 0.140. The Bertz CT molecular complexity index is 1490. The highest BCUT2D eigenvalue weighted by Crippen LogP contribution is 2.36. The summed E-state index contributed by atoms with van der Waals surface area (Å²) in [5, 5.41) is 8.60. The third-order valence-corrected chi connectivity index (χ3v) is 5.61. The summed E-state index contributed by atoms with van der Waals surface area (Å²) < 4.78 is 45.1. The first-order valence-electron chi connectivity index (χ1n) is 10.2. The number of hydrogen-bond acceptors (Lipinski definition) is 5. The van der Waals surface area contributed by atoms with Crippen molar-refractivity contribution < 1.29 is 13.2 Å². The van der Waals surface area contributed by atoms with Crippen molar-refractivity contribution in [2.45, 2.75) is 18.9 Å². The molecule has 11 heteroatoms. The van der Waals surface area contributed by atoms with E-state index in [0.717, 1.165) is 23.7 Å². The molecule has 5 rings (SSSR count). The van der Waals surface area contributed by atoms with Gasteiger partial charge in [-0.25, -0.2) is 22.7 Å². The van der Waals surface area contributed by atoms with Crippen LogP contribution in [0.4, 0.5) is 19.1 Å². The van der Waals surface area contributed by atoms with Crippen LogP contribution in [0.15, 0.2) is 67.1 Å². The van der Waals surface area contributed by atoms with Gasteiger partial charge in [0.25, 0.3) is 5.92 Å². The van der Waals surface area contributed by atoms with Gasteiger partial charge in [-0.3, -0.25) is 4.68 Å². The van der Waals surface area contributed by atoms with Gasteiger partial charge in [-0.1, -0.05) is 23.7 Å². The van der Waals surface area contributed by atoms with Crippen LogP contribution in [0, 0.1) is 5.82 Å². The highest BCUT2D eigenvalue weighted by atomic mass is 35.5. The standard InChI is InChI=1S/C23H17ClF3N7/c1-23(26,27)21(13-2-4-16(25)5-3-13)34-12-15(11-29-34)18-7-6-17(24)20(30-18)14-8-9-33-19(10-14)31-22(28)32-33/h2-12,21H,1H3,(H2,28,32)/t21-/m1/s1. The monoisotopic (exact) mass is 483 g/mol. The van der Waals surface area contributed by atoms with Gasteiger partial charge in [0.2, 0.25) is 5.95 Å². The van der Waals surface area contributed by atoms with E-state index in [2.05, 4.69) is 20.2 Å². The summed E-state index contributed by atoms with van der Waals surface area (Å²) in [5.74, 6) is -3.52. The Morgan fingerprint density at radius 3 is 2.53 bits per heavy atom. The van der Waals surface area contributed by atoms with Crippen LogP contribution in [0.1, 0.15) is 18.5 Å². The molecule has 0 unspecified atom stereocenters. The number of anilines is 1. The average Bonchev–Trinajstić information content (AvgIpc) is 3.40. The van der Waals surface area contributed by atoms with Crippen molar-refractivity contribution in [3.63, 3.8) is 0 Å². The molecule has 0 amide bonds. The molecule has 34 heavy (non-hydrogen) atoms. The van der Waals surface area contributed by atoms with Gasteiger partial charge in [0.05, 0.1) is 22.6 Å². The maximum atomic E-state index is 14.5. The molecule has 0 bridgehead atoms. The number of rotatable bonds is 5. The predicted molar refractivity (Wildman–Crippen MR) is 122 cm³/mol. The fourth-order valence-electron chi connectivity index (χ4n) is 3.79. The normalized spacial score (nSPS) is 12.9. The van der Waals surface area contributed by atoms with Crippen molar-refractivity contribution in [1.82, 2.24) is 29.4 Å². The molecule has 1 aromatic carbocycles. The topological polar surface area (TPSA) is 86.9 Å². The third kappa shape index (κ3) is 4.08. The molecule has 0 aliphatic rings. The summed E-state index contributed by atoms with van der Waals surface area (Å²) >= 11 is 6.40. The number of benzene rings is 1. The molecule has 0 radical (unpaired) electrons. The van der Waals surface area contributed by atoms with Crippen LogP contribution >= 0.6 is 11.6 Å². The zero-order valence-electron chi connectivity index (χ0n) is 17.7. The second-order valence-corrected chi connectivity index (χ2v) is 8.24. The van der Waals surface area contributed by atoms with Gasteiger partial charge in [-0.2, -0.15) is 10.1 Å². The summed E-state index contributed by atoms with van der Waals surface area (Å²) in [4.78, 5) is 8.77. The zero-order valence-corrected chi connectivity index (χ0v) is 18.5. The Kier molecular flexibility index (Phi) is 5.24. The predicted octanol–water partition coefficient (Wildman–Crippen LogP) is 5.27. The lowest BCUT2D eigenvalue weighted by molar-refractivity contribution is -0.0217. The minimum atomic E-state index is -3.16. The van der Waals surface area contributed by atoms with Crippen LogP contribution in [0.2, 0.25) is 5.02 Å². The lowest BCUT2D eigenvalue weighted by Crippen LogP contribution is -2.29. The van der Waals surface area contributed by atoms with Gasteiger partial charge in [0.15, 0.2) is 5.65 Å². The quantitative estimate of drug-likeness (QED) is 0.368. The van der Waals surface area contributed by atoms with Crippen molar-refractivity contribution in [3.8, 4) is 22.5 Å². The molecule has 4 heterocycles. The van der Waals surface area contributed by atoms with Crippen molar-refractivity contribution in [2.75, 3.05) is 5.73 Å². The number of nitrogens with two attached hydrogens (primary N) is 1. The molecule has 0 aliphatic heterocycles. The van der Waals surface area contributed by atoms with Crippen molar-refractivity contribution in [2.24, 2.45) is 0 Å². The first-order valence-corrected chi connectivity index (χ1v) is 10.5. The number of hydrogen-bond donors (Lipinski definition) is 1. The largest absolute Gasteiger partial charge is 0.366 e. The fraction of sp³-hybridized carbons (Fsp3) is 0.130. The van der Waals surface area contributed by atoms with Gasteiger partial charge >= 0.3 is 0 Å². The first-order chi connectivity index (χ1) is 16.2. The van der Waals surface area contributed by atoms with Crippen LogP contribution in [-0.2, 0) is 0 Å². The minimum Gasteiger partial charge on any atom is -0.366 e. The molecule has 1 atom stereocenters. The second kappa shape index (κ2) is 8.14. The highest BCUT2D eigenvalue weighted by Gasteiger charge is 2.37. The summed E-state index contributed by atoms with van der Waals surface area (Å²) in [6, 6.07) is 10.4. The Morgan fingerprint density at radius 2 is 1.79 bits per heavy atom. The van der Waals surface area contributed by atoms with E-state index in [0.29, 0.717) is 33.2 Å². The number of alkyl halides is 2. The van der Waals surface area contributed by atoms with Gasteiger partial charge in [0.1, 0.15) is 11.9 Å². The molecular formula is C23H17ClF3N7.